The van der Waals surface area contributed by atoms with Gasteiger partial charge in [0, 0.05) is 11.1 Å². The predicted molar refractivity (Wildman–Crippen MR) is 121 cm³/mol. The van der Waals surface area contributed by atoms with Crippen LogP contribution in [0.4, 0.5) is 8.78 Å². The van der Waals surface area contributed by atoms with E-state index in [1.54, 1.807) is 24.3 Å². The first-order valence-corrected chi connectivity index (χ1v) is 10.1. The van der Waals surface area contributed by atoms with Crippen LogP contribution in [0.1, 0.15) is 0 Å². The van der Waals surface area contributed by atoms with E-state index >= 15 is 0 Å². The summed E-state index contributed by atoms with van der Waals surface area (Å²) in [5.41, 5.74) is 3.14. The van der Waals surface area contributed by atoms with Gasteiger partial charge in [0.15, 0.2) is 17.5 Å². The molecule has 0 saturated carbocycles. The van der Waals surface area contributed by atoms with Crippen LogP contribution in [-0.2, 0) is 0 Å². The molecule has 1 heterocycles. The van der Waals surface area contributed by atoms with Crippen molar-refractivity contribution in [2.75, 3.05) is 0 Å². The molecule has 0 saturated heterocycles. The second kappa shape index (κ2) is 8.47. The van der Waals surface area contributed by atoms with Crippen molar-refractivity contribution >= 4 is 0 Å². The average molecular weight is 421 g/mol. The number of nitrogens with zero attached hydrogens (tertiary/aromatic N) is 3. The van der Waals surface area contributed by atoms with Gasteiger partial charge in [-0.3, -0.25) is 0 Å². The number of benzene rings is 4. The largest absolute Gasteiger partial charge is 0.208 e. The summed E-state index contributed by atoms with van der Waals surface area (Å²) in [5.74, 6) is 0.295. The molecule has 4 aromatic carbocycles. The van der Waals surface area contributed by atoms with Gasteiger partial charge >= 0.3 is 0 Å². The van der Waals surface area contributed by atoms with Gasteiger partial charge < -0.3 is 0 Å². The molecule has 154 valence electrons. The first kappa shape index (κ1) is 19.7. The highest BCUT2D eigenvalue weighted by Gasteiger charge is 2.16. The normalized spacial score (nSPS) is 10.8. The van der Waals surface area contributed by atoms with Crippen molar-refractivity contribution in [1.29, 1.82) is 0 Å². The lowest BCUT2D eigenvalue weighted by molar-refractivity contribution is 0.628. The van der Waals surface area contributed by atoms with Crippen LogP contribution in [0, 0.1) is 11.6 Å². The Morgan fingerprint density at radius 2 is 0.969 bits per heavy atom. The summed E-state index contributed by atoms with van der Waals surface area (Å²) in [5, 5.41) is 0. The van der Waals surface area contributed by atoms with Crippen molar-refractivity contribution in [2.24, 2.45) is 0 Å². The number of aromatic nitrogens is 3. The minimum absolute atomic E-state index is 0.216. The lowest BCUT2D eigenvalue weighted by atomic mass is 10.0. The summed E-state index contributed by atoms with van der Waals surface area (Å²) in [7, 11) is 0. The predicted octanol–water partition coefficient (Wildman–Crippen LogP) is 6.82. The molecule has 0 aliphatic heterocycles. The van der Waals surface area contributed by atoms with Gasteiger partial charge in [-0.05, 0) is 35.4 Å². The van der Waals surface area contributed by atoms with Crippen LogP contribution >= 0.6 is 0 Å². The Bertz CT molecular complexity index is 1330. The van der Waals surface area contributed by atoms with Crippen molar-refractivity contribution in [3.05, 3.63) is 115 Å². The fraction of sp³-hybridized carbons (Fsp3) is 0. The molecule has 0 amide bonds. The molecule has 3 nitrogen and oxygen atoms in total. The highest BCUT2D eigenvalue weighted by atomic mass is 19.1. The van der Waals surface area contributed by atoms with Gasteiger partial charge in [-0.15, -0.1) is 0 Å². The van der Waals surface area contributed by atoms with E-state index in [4.69, 9.17) is 0 Å². The van der Waals surface area contributed by atoms with E-state index in [1.165, 1.54) is 18.2 Å². The van der Waals surface area contributed by atoms with Crippen LogP contribution < -0.4 is 0 Å². The molecule has 32 heavy (non-hydrogen) atoms. The van der Waals surface area contributed by atoms with Gasteiger partial charge in [-0.25, -0.2) is 23.7 Å². The van der Waals surface area contributed by atoms with Gasteiger partial charge in [-0.1, -0.05) is 78.9 Å². The Hall–Kier alpha value is -4.25. The average Bonchev–Trinajstić information content (AvgIpc) is 2.85. The van der Waals surface area contributed by atoms with E-state index in [1.807, 2.05) is 60.7 Å². The number of rotatable bonds is 4. The molecule has 0 fully saturated rings. The molecule has 1 aromatic heterocycles. The Balaban J connectivity index is 1.70. The maximum atomic E-state index is 14.9. The Morgan fingerprint density at radius 3 is 1.56 bits per heavy atom. The molecular weight excluding hydrogens is 404 g/mol. The highest BCUT2D eigenvalue weighted by molar-refractivity contribution is 5.72. The summed E-state index contributed by atoms with van der Waals surface area (Å²) >= 11 is 0. The van der Waals surface area contributed by atoms with Gasteiger partial charge in [0.1, 0.15) is 11.6 Å². The minimum Gasteiger partial charge on any atom is -0.208 e. The summed E-state index contributed by atoms with van der Waals surface area (Å²) in [6.07, 6.45) is 0. The van der Waals surface area contributed by atoms with E-state index in [0.717, 1.165) is 11.1 Å². The number of halogens is 2. The fourth-order valence-electron chi connectivity index (χ4n) is 3.47. The molecule has 5 rings (SSSR count). The molecule has 0 N–H and O–H groups in total. The SMILES string of the molecule is Fc1cccc(-c2ccc(F)c(-c3nc(-c4ccccc4)nc(-c4ccccc4)n3)c2)c1. The maximum Gasteiger partial charge on any atom is 0.167 e. The quantitative estimate of drug-likeness (QED) is 0.320. The smallest absolute Gasteiger partial charge is 0.167 e. The van der Waals surface area contributed by atoms with Crippen molar-refractivity contribution in [2.45, 2.75) is 0 Å². The van der Waals surface area contributed by atoms with Crippen molar-refractivity contribution in [1.82, 2.24) is 15.0 Å². The Morgan fingerprint density at radius 1 is 0.438 bits per heavy atom. The van der Waals surface area contributed by atoms with E-state index in [-0.39, 0.29) is 17.2 Å². The topological polar surface area (TPSA) is 38.7 Å². The second-order valence-corrected chi connectivity index (χ2v) is 7.24. The van der Waals surface area contributed by atoms with Crippen LogP contribution in [0.15, 0.2) is 103 Å². The molecule has 0 atom stereocenters. The lowest BCUT2D eigenvalue weighted by Crippen LogP contribution is -2.01. The van der Waals surface area contributed by atoms with Crippen LogP contribution in [0.2, 0.25) is 0 Å². The molecule has 0 unspecified atom stereocenters. The Kier molecular flexibility index (Phi) is 5.22. The van der Waals surface area contributed by atoms with Gasteiger partial charge in [0.25, 0.3) is 0 Å². The fourth-order valence-corrected chi connectivity index (χ4v) is 3.47. The monoisotopic (exact) mass is 421 g/mol. The zero-order valence-corrected chi connectivity index (χ0v) is 16.9. The number of hydrogen-bond donors (Lipinski definition) is 0. The van der Waals surface area contributed by atoms with Gasteiger partial charge in [0.05, 0.1) is 5.56 Å². The first-order valence-electron chi connectivity index (χ1n) is 10.1. The molecule has 0 radical (unpaired) electrons. The lowest BCUT2D eigenvalue weighted by Gasteiger charge is -2.10. The maximum absolute atomic E-state index is 14.9. The van der Waals surface area contributed by atoms with Crippen molar-refractivity contribution in [3.8, 4) is 45.3 Å². The molecular formula is C27H17F2N3. The van der Waals surface area contributed by atoms with Crippen LogP contribution in [0.3, 0.4) is 0 Å². The molecule has 5 aromatic rings. The second-order valence-electron chi connectivity index (χ2n) is 7.24. The highest BCUT2D eigenvalue weighted by Crippen LogP contribution is 2.30. The molecule has 0 spiro atoms. The minimum atomic E-state index is -0.464. The third-order valence-electron chi connectivity index (χ3n) is 5.06. The third kappa shape index (κ3) is 4.01. The molecule has 0 bridgehead atoms. The summed E-state index contributed by atoms with van der Waals surface area (Å²) in [6.45, 7) is 0. The molecule has 0 aliphatic carbocycles. The molecule has 5 heteroatoms. The van der Waals surface area contributed by atoms with E-state index < -0.39 is 5.82 Å². The van der Waals surface area contributed by atoms with Crippen LogP contribution in [0.5, 0.6) is 0 Å². The zero-order chi connectivity index (χ0) is 21.9. The van der Waals surface area contributed by atoms with Gasteiger partial charge in [-0.2, -0.15) is 0 Å². The van der Waals surface area contributed by atoms with Crippen LogP contribution in [-0.4, -0.2) is 15.0 Å². The third-order valence-corrected chi connectivity index (χ3v) is 5.06. The van der Waals surface area contributed by atoms with E-state index in [0.29, 0.717) is 22.8 Å². The zero-order valence-electron chi connectivity index (χ0n) is 16.9. The van der Waals surface area contributed by atoms with Gasteiger partial charge in [0.2, 0.25) is 0 Å². The number of hydrogen-bond acceptors (Lipinski definition) is 3. The van der Waals surface area contributed by atoms with Crippen LogP contribution in [0.25, 0.3) is 45.3 Å². The summed E-state index contributed by atoms with van der Waals surface area (Å²) in [6, 6.07) is 29.8. The summed E-state index contributed by atoms with van der Waals surface area (Å²) < 4.78 is 28.7. The van der Waals surface area contributed by atoms with E-state index in [2.05, 4.69) is 15.0 Å². The van der Waals surface area contributed by atoms with E-state index in [9.17, 15) is 8.78 Å². The van der Waals surface area contributed by atoms with Crippen molar-refractivity contribution < 1.29 is 8.78 Å². The summed E-state index contributed by atoms with van der Waals surface area (Å²) in [4.78, 5) is 13.8. The standard InChI is InChI=1S/C27H17F2N3/c28-22-13-7-12-20(16-22)21-14-15-24(29)23(17-21)27-31-25(18-8-3-1-4-9-18)30-26(32-27)19-10-5-2-6-11-19/h1-17H. The Labute approximate surface area is 184 Å². The first-order chi connectivity index (χ1) is 15.7. The molecule has 0 aliphatic rings. The van der Waals surface area contributed by atoms with Crippen molar-refractivity contribution in [3.63, 3.8) is 0 Å².